The second-order valence-electron chi connectivity index (χ2n) is 7.56. The van der Waals surface area contributed by atoms with Gasteiger partial charge in [-0.15, -0.1) is 0 Å². The highest BCUT2D eigenvalue weighted by Gasteiger charge is 2.46. The van der Waals surface area contributed by atoms with Crippen molar-refractivity contribution in [3.05, 3.63) is 29.3 Å². The van der Waals surface area contributed by atoms with Crippen molar-refractivity contribution >= 4 is 5.69 Å². The molecule has 1 aromatic rings. The molecule has 0 aromatic heterocycles. The van der Waals surface area contributed by atoms with Gasteiger partial charge in [0, 0.05) is 5.69 Å². The minimum Gasteiger partial charge on any atom is -0.399 e. The topological polar surface area (TPSA) is 52.0 Å². The minimum absolute atomic E-state index is 0.350. The summed E-state index contributed by atoms with van der Waals surface area (Å²) in [6.07, 6.45) is 7.70. The quantitative estimate of drug-likeness (QED) is 0.822. The van der Waals surface area contributed by atoms with Gasteiger partial charge in [0.1, 0.15) is 0 Å². The van der Waals surface area contributed by atoms with Crippen LogP contribution < -0.4 is 11.5 Å². The number of benzene rings is 1. The zero-order chi connectivity index (χ0) is 15.0. The molecule has 0 amide bonds. The van der Waals surface area contributed by atoms with E-state index >= 15 is 0 Å². The fourth-order valence-corrected chi connectivity index (χ4v) is 5.12. The Hall–Kier alpha value is -1.02. The van der Waals surface area contributed by atoms with Gasteiger partial charge in [-0.05, 0) is 85.1 Å². The zero-order valence-corrected chi connectivity index (χ0v) is 13.6. The van der Waals surface area contributed by atoms with Crippen LogP contribution in [0.1, 0.15) is 63.0 Å². The highest BCUT2D eigenvalue weighted by atomic mass is 14.6. The van der Waals surface area contributed by atoms with Crippen LogP contribution in [0.5, 0.6) is 0 Å². The number of hydrogen-bond acceptors (Lipinski definition) is 2. The SMILES string of the molecule is CCCC1C2CCc3cc(N)ccc3C2CCC1(C)CN. The first-order valence-electron chi connectivity index (χ1n) is 8.67. The van der Waals surface area contributed by atoms with Crippen molar-refractivity contribution in [1.82, 2.24) is 0 Å². The summed E-state index contributed by atoms with van der Waals surface area (Å²) in [5.41, 5.74) is 16.5. The zero-order valence-electron chi connectivity index (χ0n) is 13.6. The standard InChI is InChI=1S/C19H30N2/c1-3-4-18-17-7-5-13-11-14(21)6-8-15(13)16(17)9-10-19(18,2)12-20/h6,8,11,16-18H,3-5,7,9-10,12,20-21H2,1-2H3. The molecule has 116 valence electrons. The number of anilines is 1. The van der Waals surface area contributed by atoms with Crippen LogP contribution in [0.2, 0.25) is 0 Å². The monoisotopic (exact) mass is 286 g/mol. The average Bonchev–Trinajstić information content (AvgIpc) is 2.49. The van der Waals surface area contributed by atoms with E-state index in [-0.39, 0.29) is 0 Å². The Bertz CT molecular complexity index is 510. The molecule has 1 saturated carbocycles. The molecule has 0 aliphatic heterocycles. The summed E-state index contributed by atoms with van der Waals surface area (Å²) in [6.45, 7) is 5.59. The van der Waals surface area contributed by atoms with E-state index in [2.05, 4.69) is 32.0 Å². The van der Waals surface area contributed by atoms with E-state index in [1.807, 2.05) is 0 Å². The summed E-state index contributed by atoms with van der Waals surface area (Å²) in [5.74, 6) is 2.35. The molecule has 0 saturated heterocycles. The van der Waals surface area contributed by atoms with Gasteiger partial charge in [-0.2, -0.15) is 0 Å². The lowest BCUT2D eigenvalue weighted by molar-refractivity contribution is 0.0317. The van der Waals surface area contributed by atoms with E-state index in [0.717, 1.165) is 30.0 Å². The molecule has 0 radical (unpaired) electrons. The van der Waals surface area contributed by atoms with Gasteiger partial charge in [-0.25, -0.2) is 0 Å². The van der Waals surface area contributed by atoms with Gasteiger partial charge in [-0.1, -0.05) is 26.3 Å². The van der Waals surface area contributed by atoms with Crippen LogP contribution in [0.25, 0.3) is 0 Å². The predicted molar refractivity (Wildman–Crippen MR) is 90.2 cm³/mol. The smallest absolute Gasteiger partial charge is 0.0316 e. The number of nitrogen functional groups attached to an aromatic ring is 1. The van der Waals surface area contributed by atoms with E-state index in [4.69, 9.17) is 11.5 Å². The van der Waals surface area contributed by atoms with Crippen LogP contribution in [-0.4, -0.2) is 6.54 Å². The van der Waals surface area contributed by atoms with Crippen LogP contribution in [0, 0.1) is 17.3 Å². The summed E-state index contributed by atoms with van der Waals surface area (Å²) < 4.78 is 0. The van der Waals surface area contributed by atoms with Crippen molar-refractivity contribution in [3.63, 3.8) is 0 Å². The number of fused-ring (bicyclic) bond motifs is 3. The van der Waals surface area contributed by atoms with Crippen molar-refractivity contribution in [1.29, 1.82) is 0 Å². The molecule has 0 bridgehead atoms. The fraction of sp³-hybridized carbons (Fsp3) is 0.684. The van der Waals surface area contributed by atoms with Crippen molar-refractivity contribution in [2.75, 3.05) is 12.3 Å². The van der Waals surface area contributed by atoms with Crippen molar-refractivity contribution in [3.8, 4) is 0 Å². The number of rotatable bonds is 3. The van der Waals surface area contributed by atoms with Gasteiger partial charge in [-0.3, -0.25) is 0 Å². The van der Waals surface area contributed by atoms with Crippen molar-refractivity contribution < 1.29 is 0 Å². The lowest BCUT2D eigenvalue weighted by Gasteiger charge is -2.52. The highest BCUT2D eigenvalue weighted by molar-refractivity contribution is 5.47. The maximum absolute atomic E-state index is 6.18. The first-order chi connectivity index (χ1) is 10.1. The molecule has 2 aliphatic carbocycles. The van der Waals surface area contributed by atoms with Gasteiger partial charge in [0.2, 0.25) is 0 Å². The normalized spacial score (nSPS) is 35.1. The summed E-state index contributed by atoms with van der Waals surface area (Å²) >= 11 is 0. The molecule has 0 heterocycles. The molecule has 4 atom stereocenters. The van der Waals surface area contributed by atoms with Gasteiger partial charge in [0.15, 0.2) is 0 Å². The molecule has 1 aromatic carbocycles. The van der Waals surface area contributed by atoms with Gasteiger partial charge in [0.25, 0.3) is 0 Å². The molecule has 1 fully saturated rings. The Morgan fingerprint density at radius 2 is 2.10 bits per heavy atom. The molecule has 4 unspecified atom stereocenters. The molecule has 21 heavy (non-hydrogen) atoms. The first kappa shape index (κ1) is 14.9. The molecule has 2 nitrogen and oxygen atoms in total. The molecule has 0 spiro atoms. The summed E-state index contributed by atoms with van der Waals surface area (Å²) in [6, 6.07) is 6.60. The Kier molecular flexibility index (Phi) is 4.00. The van der Waals surface area contributed by atoms with Crippen LogP contribution in [-0.2, 0) is 6.42 Å². The van der Waals surface area contributed by atoms with E-state index in [1.54, 1.807) is 5.56 Å². The van der Waals surface area contributed by atoms with Gasteiger partial charge < -0.3 is 11.5 Å². The molecule has 2 heteroatoms. The fourth-order valence-electron chi connectivity index (χ4n) is 5.12. The summed E-state index contributed by atoms with van der Waals surface area (Å²) in [4.78, 5) is 0. The van der Waals surface area contributed by atoms with Gasteiger partial charge in [0.05, 0.1) is 0 Å². The predicted octanol–water partition coefficient (Wildman–Crippen LogP) is 4.09. The Morgan fingerprint density at radius 1 is 1.29 bits per heavy atom. The lowest BCUT2D eigenvalue weighted by Crippen LogP contribution is -2.46. The Labute approximate surface area is 129 Å². The van der Waals surface area contributed by atoms with Crippen LogP contribution in [0.4, 0.5) is 5.69 Å². The largest absolute Gasteiger partial charge is 0.399 e. The van der Waals surface area contributed by atoms with Crippen molar-refractivity contribution in [2.45, 2.75) is 58.3 Å². The van der Waals surface area contributed by atoms with Crippen LogP contribution in [0.15, 0.2) is 18.2 Å². The maximum Gasteiger partial charge on any atom is 0.0316 e. The second kappa shape index (κ2) is 5.64. The third-order valence-electron chi connectivity index (χ3n) is 6.33. The average molecular weight is 286 g/mol. The molecule has 2 aliphatic rings. The second-order valence-corrected chi connectivity index (χ2v) is 7.56. The van der Waals surface area contributed by atoms with Crippen LogP contribution in [0.3, 0.4) is 0 Å². The van der Waals surface area contributed by atoms with Gasteiger partial charge >= 0.3 is 0 Å². The molecular formula is C19H30N2. The third kappa shape index (κ3) is 2.48. The van der Waals surface area contributed by atoms with E-state index < -0.39 is 0 Å². The first-order valence-corrected chi connectivity index (χ1v) is 8.67. The number of hydrogen-bond donors (Lipinski definition) is 2. The third-order valence-corrected chi connectivity index (χ3v) is 6.33. The summed E-state index contributed by atoms with van der Waals surface area (Å²) in [5, 5.41) is 0. The van der Waals surface area contributed by atoms with Crippen LogP contribution >= 0.6 is 0 Å². The van der Waals surface area contributed by atoms with Crippen molar-refractivity contribution in [2.24, 2.45) is 23.0 Å². The molecular weight excluding hydrogens is 256 g/mol. The highest BCUT2D eigenvalue weighted by Crippen LogP contribution is 2.55. The molecule has 4 N–H and O–H groups in total. The number of aryl methyl sites for hydroxylation is 1. The Morgan fingerprint density at radius 3 is 2.81 bits per heavy atom. The minimum atomic E-state index is 0.350. The van der Waals surface area contributed by atoms with E-state index in [1.165, 1.54) is 44.1 Å². The maximum atomic E-state index is 6.18. The van der Waals surface area contributed by atoms with E-state index in [9.17, 15) is 0 Å². The number of nitrogens with two attached hydrogens (primary N) is 2. The Balaban J connectivity index is 1.94. The summed E-state index contributed by atoms with van der Waals surface area (Å²) in [7, 11) is 0. The molecule has 3 rings (SSSR count). The lowest BCUT2D eigenvalue weighted by atomic mass is 9.53. The van der Waals surface area contributed by atoms with E-state index in [0.29, 0.717) is 5.41 Å².